The van der Waals surface area contributed by atoms with Crippen LogP contribution in [0.5, 0.6) is 0 Å². The van der Waals surface area contributed by atoms with Crippen molar-refractivity contribution in [3.8, 4) is 0 Å². The van der Waals surface area contributed by atoms with Crippen molar-refractivity contribution in [2.24, 2.45) is 5.73 Å². The van der Waals surface area contributed by atoms with Gasteiger partial charge in [0.2, 0.25) is 0 Å². The van der Waals surface area contributed by atoms with E-state index in [1.165, 1.54) is 16.2 Å². The first kappa shape index (κ1) is 11.6. The number of nitrogens with two attached hydrogens (primary N) is 1. The van der Waals surface area contributed by atoms with Crippen LogP contribution in [-0.2, 0) is 0 Å². The normalized spacial score (nSPS) is 9.86. The van der Waals surface area contributed by atoms with Crippen LogP contribution in [0.2, 0.25) is 0 Å². The molecular weight excluding hydrogens is 284 g/mol. The predicted octanol–water partition coefficient (Wildman–Crippen LogP) is 1.87. The zero-order valence-corrected chi connectivity index (χ0v) is 10.7. The Balaban J connectivity index is 2.70. The molecule has 1 aromatic rings. The number of amides is 1. The molecule has 2 N–H and O–H groups in total. The molecule has 0 aromatic carbocycles. The molecule has 0 fully saturated rings. The molecule has 6 heteroatoms. The van der Waals surface area contributed by atoms with Gasteiger partial charge < -0.3 is 10.6 Å². The van der Waals surface area contributed by atoms with E-state index in [1.807, 2.05) is 0 Å². The van der Waals surface area contributed by atoms with Crippen molar-refractivity contribution < 1.29 is 4.79 Å². The minimum Gasteiger partial charge on any atom is -0.392 e. The van der Waals surface area contributed by atoms with E-state index in [0.29, 0.717) is 17.1 Å². The van der Waals surface area contributed by atoms with E-state index in [1.54, 1.807) is 18.5 Å². The number of halogens is 1. The average Bonchev–Trinajstić information content (AvgIpc) is 2.49. The quantitative estimate of drug-likeness (QED) is 0.865. The number of thiophene rings is 1. The summed E-state index contributed by atoms with van der Waals surface area (Å²) in [5, 5.41) is 1.79. The Kier molecular flexibility index (Phi) is 4.03. The van der Waals surface area contributed by atoms with E-state index in [2.05, 4.69) is 15.9 Å². The lowest BCUT2D eigenvalue weighted by Crippen LogP contribution is -2.34. The summed E-state index contributed by atoms with van der Waals surface area (Å²) in [6.45, 7) is 0.307. The Labute approximate surface area is 100 Å². The fraction of sp³-hybridized carbons (Fsp3) is 0.250. The Morgan fingerprint density at radius 3 is 2.86 bits per heavy atom. The van der Waals surface area contributed by atoms with Gasteiger partial charge in [0.05, 0.1) is 20.9 Å². The van der Waals surface area contributed by atoms with Crippen LogP contribution in [0.25, 0.3) is 0 Å². The first-order valence-corrected chi connectivity index (χ1v) is 5.86. The second-order valence-electron chi connectivity index (χ2n) is 2.77. The molecule has 0 radical (unpaired) electrons. The summed E-state index contributed by atoms with van der Waals surface area (Å²) < 4.78 is 0.935. The van der Waals surface area contributed by atoms with Crippen molar-refractivity contribution in [1.82, 2.24) is 4.90 Å². The number of carbonyl (C=O) groups is 1. The Morgan fingerprint density at radius 1 is 1.79 bits per heavy atom. The maximum atomic E-state index is 11.7. The van der Waals surface area contributed by atoms with Crippen molar-refractivity contribution in [3.63, 3.8) is 0 Å². The molecule has 0 aliphatic rings. The zero-order valence-electron chi connectivity index (χ0n) is 7.49. The molecular formula is C8H9BrN2OS2. The van der Waals surface area contributed by atoms with Crippen molar-refractivity contribution in [2.45, 2.75) is 0 Å². The predicted molar refractivity (Wildman–Crippen MR) is 65.8 cm³/mol. The molecule has 1 rings (SSSR count). The first-order valence-electron chi connectivity index (χ1n) is 3.78. The number of nitrogens with zero attached hydrogens (tertiary/aromatic N) is 1. The largest absolute Gasteiger partial charge is 0.392 e. The van der Waals surface area contributed by atoms with Crippen molar-refractivity contribution in [3.05, 3.63) is 20.8 Å². The molecule has 76 valence electrons. The summed E-state index contributed by atoms with van der Waals surface area (Å²) in [5.74, 6) is -0.0697. The summed E-state index contributed by atoms with van der Waals surface area (Å²) in [6.07, 6.45) is 0. The van der Waals surface area contributed by atoms with Gasteiger partial charge in [0.25, 0.3) is 5.91 Å². The highest BCUT2D eigenvalue weighted by Gasteiger charge is 2.13. The van der Waals surface area contributed by atoms with E-state index >= 15 is 0 Å². The van der Waals surface area contributed by atoms with Gasteiger partial charge in [-0.2, -0.15) is 0 Å². The maximum Gasteiger partial charge on any atom is 0.254 e. The van der Waals surface area contributed by atoms with Gasteiger partial charge in [-0.3, -0.25) is 4.79 Å². The minimum atomic E-state index is -0.0697. The topological polar surface area (TPSA) is 46.3 Å². The van der Waals surface area contributed by atoms with Gasteiger partial charge in [-0.05, 0) is 22.0 Å². The van der Waals surface area contributed by atoms with Gasteiger partial charge in [-0.25, -0.2) is 0 Å². The summed E-state index contributed by atoms with van der Waals surface area (Å²) in [4.78, 5) is 13.5. The molecule has 0 aliphatic carbocycles. The average molecular weight is 293 g/mol. The van der Waals surface area contributed by atoms with Crippen LogP contribution >= 0.6 is 39.5 Å². The van der Waals surface area contributed by atoms with Crippen LogP contribution < -0.4 is 5.73 Å². The van der Waals surface area contributed by atoms with E-state index in [0.717, 1.165) is 3.79 Å². The summed E-state index contributed by atoms with van der Waals surface area (Å²) in [7, 11) is 1.67. The molecule has 0 unspecified atom stereocenters. The third-order valence-electron chi connectivity index (χ3n) is 1.55. The monoisotopic (exact) mass is 292 g/mol. The van der Waals surface area contributed by atoms with Gasteiger partial charge in [0, 0.05) is 12.4 Å². The number of hydrogen-bond acceptors (Lipinski definition) is 3. The minimum absolute atomic E-state index is 0.0697. The molecule has 0 saturated carbocycles. The number of carbonyl (C=O) groups excluding carboxylic acids is 1. The van der Waals surface area contributed by atoms with Crippen molar-refractivity contribution in [1.29, 1.82) is 0 Å². The van der Waals surface area contributed by atoms with Gasteiger partial charge in [-0.15, -0.1) is 11.3 Å². The number of thiocarbonyl (C=S) groups is 1. The molecule has 0 bridgehead atoms. The maximum absolute atomic E-state index is 11.7. The first-order chi connectivity index (χ1) is 6.50. The number of rotatable bonds is 3. The number of likely N-dealkylation sites (N-methyl/N-ethyl adjacent to an activating group) is 1. The van der Waals surface area contributed by atoms with Crippen LogP contribution in [0.15, 0.2) is 15.2 Å². The number of hydrogen-bond donors (Lipinski definition) is 1. The smallest absolute Gasteiger partial charge is 0.254 e. The van der Waals surface area contributed by atoms with Crippen molar-refractivity contribution in [2.75, 3.05) is 13.6 Å². The van der Waals surface area contributed by atoms with Crippen LogP contribution in [0, 0.1) is 0 Å². The highest BCUT2D eigenvalue weighted by atomic mass is 79.9. The van der Waals surface area contributed by atoms with E-state index in [-0.39, 0.29) is 5.91 Å². The molecule has 0 atom stereocenters. The van der Waals surface area contributed by atoms with Crippen molar-refractivity contribution >= 4 is 50.4 Å². The molecule has 1 heterocycles. The highest BCUT2D eigenvalue weighted by molar-refractivity contribution is 9.11. The SMILES string of the molecule is CN(CC(N)=S)C(=O)c1csc(Br)c1. The second-order valence-corrected chi connectivity index (χ2v) is 5.58. The fourth-order valence-corrected chi connectivity index (χ4v) is 2.27. The zero-order chi connectivity index (χ0) is 10.7. The lowest BCUT2D eigenvalue weighted by atomic mass is 10.3. The molecule has 0 saturated heterocycles. The summed E-state index contributed by atoms with van der Waals surface area (Å²) in [6, 6.07) is 1.78. The van der Waals surface area contributed by atoms with Gasteiger partial charge in [-0.1, -0.05) is 12.2 Å². The molecule has 1 aromatic heterocycles. The Hall–Kier alpha value is -0.460. The van der Waals surface area contributed by atoms with Gasteiger partial charge in [0.1, 0.15) is 0 Å². The van der Waals surface area contributed by atoms with E-state index < -0.39 is 0 Å². The molecule has 0 spiro atoms. The van der Waals surface area contributed by atoms with Crippen LogP contribution in [0.4, 0.5) is 0 Å². The Bertz CT molecular complexity index is 364. The highest BCUT2D eigenvalue weighted by Crippen LogP contribution is 2.21. The molecule has 14 heavy (non-hydrogen) atoms. The second kappa shape index (κ2) is 4.86. The third kappa shape index (κ3) is 3.04. The summed E-state index contributed by atoms with van der Waals surface area (Å²) in [5.41, 5.74) is 6.00. The fourth-order valence-electron chi connectivity index (χ4n) is 0.948. The standard InChI is InChI=1S/C8H9BrN2OS2/c1-11(3-7(10)13)8(12)5-2-6(9)14-4-5/h2,4H,3H2,1H3,(H2,10,13). The molecule has 1 amide bonds. The van der Waals surface area contributed by atoms with E-state index in [9.17, 15) is 4.79 Å². The van der Waals surface area contributed by atoms with Crippen LogP contribution in [0.3, 0.4) is 0 Å². The summed E-state index contributed by atoms with van der Waals surface area (Å²) >= 11 is 9.50. The van der Waals surface area contributed by atoms with Crippen LogP contribution in [0.1, 0.15) is 10.4 Å². The molecule has 3 nitrogen and oxygen atoms in total. The van der Waals surface area contributed by atoms with Gasteiger partial charge >= 0.3 is 0 Å². The lowest BCUT2D eigenvalue weighted by molar-refractivity contribution is 0.0815. The lowest BCUT2D eigenvalue weighted by Gasteiger charge is -2.14. The Morgan fingerprint density at radius 2 is 2.43 bits per heavy atom. The third-order valence-corrected chi connectivity index (χ3v) is 3.19. The van der Waals surface area contributed by atoms with E-state index in [4.69, 9.17) is 18.0 Å². The molecule has 0 aliphatic heterocycles. The van der Waals surface area contributed by atoms with Crippen LogP contribution in [-0.4, -0.2) is 29.4 Å². The van der Waals surface area contributed by atoms with Gasteiger partial charge in [0.15, 0.2) is 0 Å².